The molecule has 0 aliphatic heterocycles. The van der Waals surface area contributed by atoms with Crippen molar-refractivity contribution in [2.45, 2.75) is 20.0 Å². The van der Waals surface area contributed by atoms with E-state index in [-0.39, 0.29) is 12.1 Å². The Morgan fingerprint density at radius 3 is 3.11 bits per heavy atom. The van der Waals surface area contributed by atoms with Crippen molar-refractivity contribution in [2.24, 2.45) is 0 Å². The minimum Gasteiger partial charge on any atom is -0.345 e. The number of rotatable bonds is 4. The monoisotopic (exact) mass is 249 g/mol. The molecule has 1 N–H and O–H groups in total. The Hall–Kier alpha value is -2.31. The number of hydrogen-bond donors (Lipinski definition) is 1. The van der Waals surface area contributed by atoms with E-state index >= 15 is 0 Å². The first-order chi connectivity index (χ1) is 8.72. The third kappa shape index (κ3) is 2.50. The van der Waals surface area contributed by atoms with Crippen molar-refractivity contribution in [1.82, 2.24) is 25.1 Å². The van der Waals surface area contributed by atoms with Crippen LogP contribution in [0.1, 0.15) is 23.1 Å². The molecule has 0 radical (unpaired) electrons. The summed E-state index contributed by atoms with van der Waals surface area (Å²) in [5.41, 5.74) is -0.0833. The predicted molar refractivity (Wildman–Crippen MR) is 61.1 cm³/mol. The highest BCUT2D eigenvalue weighted by Gasteiger charge is 2.12. The number of pyridine rings is 1. The lowest BCUT2D eigenvalue weighted by molar-refractivity contribution is 0.0944. The normalized spacial score (nSPS) is 10.3. The number of carbonyl (C=O) groups is 1. The summed E-state index contributed by atoms with van der Waals surface area (Å²) >= 11 is 0. The van der Waals surface area contributed by atoms with Crippen LogP contribution in [0.4, 0.5) is 4.39 Å². The molecule has 2 rings (SSSR count). The van der Waals surface area contributed by atoms with Crippen LogP contribution in [0.3, 0.4) is 0 Å². The Balaban J connectivity index is 2.03. The average molecular weight is 249 g/mol. The van der Waals surface area contributed by atoms with Crippen LogP contribution in [-0.4, -0.2) is 25.7 Å². The Morgan fingerprint density at radius 2 is 2.39 bits per heavy atom. The molecule has 0 saturated heterocycles. The van der Waals surface area contributed by atoms with Crippen LogP contribution < -0.4 is 5.32 Å². The van der Waals surface area contributed by atoms with Gasteiger partial charge in [-0.2, -0.15) is 4.39 Å². The van der Waals surface area contributed by atoms with Gasteiger partial charge in [0.15, 0.2) is 5.82 Å². The van der Waals surface area contributed by atoms with Crippen molar-refractivity contribution in [2.75, 3.05) is 0 Å². The van der Waals surface area contributed by atoms with Crippen LogP contribution >= 0.6 is 0 Å². The molecule has 0 saturated carbocycles. The summed E-state index contributed by atoms with van der Waals surface area (Å²) in [6, 6.07) is 2.88. The lowest BCUT2D eigenvalue weighted by Gasteiger charge is -2.06. The number of carbonyl (C=O) groups excluding carboxylic acids is 1. The van der Waals surface area contributed by atoms with Crippen LogP contribution in [0, 0.1) is 5.95 Å². The van der Waals surface area contributed by atoms with Gasteiger partial charge in [-0.25, -0.2) is 4.98 Å². The summed E-state index contributed by atoms with van der Waals surface area (Å²) in [5, 5.41) is 10.2. The van der Waals surface area contributed by atoms with Gasteiger partial charge >= 0.3 is 0 Å². The third-order valence-corrected chi connectivity index (χ3v) is 2.45. The minimum atomic E-state index is -0.785. The maximum absolute atomic E-state index is 13.2. The minimum absolute atomic E-state index is 0.0833. The summed E-state index contributed by atoms with van der Waals surface area (Å²) in [5.74, 6) is -0.687. The first kappa shape index (κ1) is 12.2. The van der Waals surface area contributed by atoms with E-state index in [1.54, 1.807) is 10.9 Å². The molecule has 18 heavy (non-hydrogen) atoms. The van der Waals surface area contributed by atoms with E-state index in [1.165, 1.54) is 18.3 Å². The fraction of sp³-hybridized carbons (Fsp3) is 0.273. The standard InChI is InChI=1S/C11H12FN5O/c1-2-17-7-15-16-9(17)6-14-11(18)8-4-3-5-13-10(8)12/h3-5,7H,2,6H2,1H3,(H,14,18). The van der Waals surface area contributed by atoms with Crippen molar-refractivity contribution in [3.05, 3.63) is 42.0 Å². The molecule has 0 fully saturated rings. The molecule has 94 valence electrons. The number of aryl methyl sites for hydroxylation is 1. The van der Waals surface area contributed by atoms with Crippen molar-refractivity contribution < 1.29 is 9.18 Å². The van der Waals surface area contributed by atoms with Crippen LogP contribution in [0.15, 0.2) is 24.7 Å². The maximum atomic E-state index is 13.2. The smallest absolute Gasteiger partial charge is 0.256 e. The molecule has 7 heteroatoms. The van der Waals surface area contributed by atoms with E-state index < -0.39 is 11.9 Å². The van der Waals surface area contributed by atoms with E-state index in [0.29, 0.717) is 12.4 Å². The average Bonchev–Trinajstić information content (AvgIpc) is 2.84. The van der Waals surface area contributed by atoms with E-state index in [4.69, 9.17) is 0 Å². The summed E-state index contributed by atoms with van der Waals surface area (Å²) < 4.78 is 15.0. The van der Waals surface area contributed by atoms with Gasteiger partial charge in [-0.1, -0.05) is 0 Å². The quantitative estimate of drug-likeness (QED) is 0.812. The molecular formula is C11H12FN5O. The van der Waals surface area contributed by atoms with Gasteiger partial charge in [0.25, 0.3) is 5.91 Å². The first-order valence-electron chi connectivity index (χ1n) is 5.47. The van der Waals surface area contributed by atoms with Gasteiger partial charge in [0.05, 0.1) is 12.1 Å². The van der Waals surface area contributed by atoms with Gasteiger partial charge in [-0.3, -0.25) is 4.79 Å². The van der Waals surface area contributed by atoms with E-state index in [9.17, 15) is 9.18 Å². The van der Waals surface area contributed by atoms with Crippen LogP contribution in [0.2, 0.25) is 0 Å². The molecule has 0 atom stereocenters. The van der Waals surface area contributed by atoms with Crippen LogP contribution in [0.5, 0.6) is 0 Å². The van der Waals surface area contributed by atoms with Crippen molar-refractivity contribution in [3.8, 4) is 0 Å². The predicted octanol–water partition coefficient (Wildman–Crippen LogP) is 0.762. The molecule has 0 spiro atoms. The Bertz CT molecular complexity index is 554. The van der Waals surface area contributed by atoms with Crippen molar-refractivity contribution in [3.63, 3.8) is 0 Å². The summed E-state index contributed by atoms with van der Waals surface area (Å²) in [7, 11) is 0. The Morgan fingerprint density at radius 1 is 1.56 bits per heavy atom. The highest BCUT2D eigenvalue weighted by molar-refractivity contribution is 5.93. The molecule has 0 unspecified atom stereocenters. The molecule has 0 bridgehead atoms. The zero-order valence-electron chi connectivity index (χ0n) is 9.80. The number of nitrogens with zero attached hydrogens (tertiary/aromatic N) is 4. The highest BCUT2D eigenvalue weighted by Crippen LogP contribution is 2.03. The van der Waals surface area contributed by atoms with Crippen LogP contribution in [-0.2, 0) is 13.1 Å². The van der Waals surface area contributed by atoms with Gasteiger partial charge in [-0.15, -0.1) is 10.2 Å². The number of nitrogens with one attached hydrogen (secondary N) is 1. The fourth-order valence-electron chi connectivity index (χ4n) is 1.49. The fourth-order valence-corrected chi connectivity index (χ4v) is 1.49. The summed E-state index contributed by atoms with van der Waals surface area (Å²) in [6.07, 6.45) is 2.87. The van der Waals surface area contributed by atoms with E-state index in [2.05, 4.69) is 20.5 Å². The number of amides is 1. The topological polar surface area (TPSA) is 72.7 Å². The molecule has 1 amide bonds. The van der Waals surface area contributed by atoms with E-state index in [0.717, 1.165) is 0 Å². The second-order valence-electron chi connectivity index (χ2n) is 3.56. The maximum Gasteiger partial charge on any atom is 0.256 e. The number of hydrogen-bond acceptors (Lipinski definition) is 4. The number of aromatic nitrogens is 4. The lowest BCUT2D eigenvalue weighted by Crippen LogP contribution is -2.25. The third-order valence-electron chi connectivity index (χ3n) is 2.45. The van der Waals surface area contributed by atoms with Gasteiger partial charge in [0.2, 0.25) is 5.95 Å². The molecule has 6 nitrogen and oxygen atoms in total. The zero-order valence-corrected chi connectivity index (χ0v) is 9.80. The molecule has 0 aliphatic rings. The molecular weight excluding hydrogens is 237 g/mol. The van der Waals surface area contributed by atoms with Gasteiger partial charge in [-0.05, 0) is 19.1 Å². The molecule has 2 heterocycles. The van der Waals surface area contributed by atoms with Crippen molar-refractivity contribution >= 4 is 5.91 Å². The van der Waals surface area contributed by atoms with Crippen molar-refractivity contribution in [1.29, 1.82) is 0 Å². The van der Waals surface area contributed by atoms with E-state index in [1.807, 2.05) is 6.92 Å². The van der Waals surface area contributed by atoms with Gasteiger partial charge in [0.1, 0.15) is 6.33 Å². The van der Waals surface area contributed by atoms with Crippen LogP contribution in [0.25, 0.3) is 0 Å². The van der Waals surface area contributed by atoms with Gasteiger partial charge < -0.3 is 9.88 Å². The Kier molecular flexibility index (Phi) is 3.61. The molecule has 2 aromatic heterocycles. The molecule has 0 aliphatic carbocycles. The largest absolute Gasteiger partial charge is 0.345 e. The second kappa shape index (κ2) is 5.35. The molecule has 2 aromatic rings. The van der Waals surface area contributed by atoms with Gasteiger partial charge in [0, 0.05) is 12.7 Å². The lowest BCUT2D eigenvalue weighted by atomic mass is 10.2. The highest BCUT2D eigenvalue weighted by atomic mass is 19.1. The second-order valence-corrected chi connectivity index (χ2v) is 3.56. The summed E-state index contributed by atoms with van der Waals surface area (Å²) in [4.78, 5) is 15.1. The molecule has 0 aromatic carbocycles. The first-order valence-corrected chi connectivity index (χ1v) is 5.47. The Labute approximate surface area is 103 Å². The zero-order chi connectivity index (χ0) is 13.0. The SMILES string of the molecule is CCn1cnnc1CNC(=O)c1cccnc1F. The summed E-state index contributed by atoms with van der Waals surface area (Å²) in [6.45, 7) is 2.84. The number of halogens is 1.